The first-order valence-electron chi connectivity index (χ1n) is 5.22. The molecule has 0 atom stereocenters. The average Bonchev–Trinajstić information content (AvgIpc) is 2.21. The van der Waals surface area contributed by atoms with Gasteiger partial charge in [0.15, 0.2) is 0 Å². The molecule has 0 unspecified atom stereocenters. The van der Waals surface area contributed by atoms with Crippen molar-refractivity contribution in [2.24, 2.45) is 5.41 Å². The molecule has 1 heterocycles. The first kappa shape index (κ1) is 13.6. The van der Waals surface area contributed by atoms with E-state index in [2.05, 4.69) is 10.3 Å². The molecule has 0 radical (unpaired) electrons. The zero-order valence-electron chi connectivity index (χ0n) is 10.2. The Bertz CT molecular complexity index is 288. The molecule has 0 bridgehead atoms. The molecular formula is C12H20N2O. The van der Waals surface area contributed by atoms with E-state index in [0.717, 1.165) is 0 Å². The molecule has 0 spiro atoms. The van der Waals surface area contributed by atoms with E-state index < -0.39 is 0 Å². The lowest BCUT2D eigenvalue weighted by atomic mass is 9.96. The van der Waals surface area contributed by atoms with Crippen molar-refractivity contribution in [3.05, 3.63) is 24.4 Å². The van der Waals surface area contributed by atoms with Gasteiger partial charge in [0.05, 0.1) is 0 Å². The van der Waals surface area contributed by atoms with Gasteiger partial charge < -0.3 is 5.32 Å². The zero-order valence-corrected chi connectivity index (χ0v) is 10.2. The van der Waals surface area contributed by atoms with E-state index >= 15 is 0 Å². The van der Waals surface area contributed by atoms with Crippen LogP contribution in [0.4, 0.5) is 5.82 Å². The third kappa shape index (κ3) is 5.15. The van der Waals surface area contributed by atoms with Crippen molar-refractivity contribution in [3.63, 3.8) is 0 Å². The highest BCUT2D eigenvalue weighted by Crippen LogP contribution is 2.15. The maximum Gasteiger partial charge on any atom is 0.230 e. The molecule has 1 amide bonds. The molecule has 3 heteroatoms. The van der Waals surface area contributed by atoms with E-state index in [1.165, 1.54) is 0 Å². The molecule has 1 rings (SSSR count). The topological polar surface area (TPSA) is 42.0 Å². The minimum atomic E-state index is -0.377. The van der Waals surface area contributed by atoms with Crippen molar-refractivity contribution in [2.75, 3.05) is 5.32 Å². The van der Waals surface area contributed by atoms with E-state index in [1.54, 1.807) is 12.3 Å². The van der Waals surface area contributed by atoms with Crippen molar-refractivity contribution in [1.29, 1.82) is 0 Å². The lowest BCUT2D eigenvalue weighted by Gasteiger charge is -2.16. The Morgan fingerprint density at radius 3 is 2.27 bits per heavy atom. The highest BCUT2D eigenvalue weighted by Gasteiger charge is 2.21. The summed E-state index contributed by atoms with van der Waals surface area (Å²) in [7, 11) is 0. The van der Waals surface area contributed by atoms with Crippen molar-refractivity contribution in [1.82, 2.24) is 4.98 Å². The number of amides is 1. The van der Waals surface area contributed by atoms with Crippen molar-refractivity contribution in [2.45, 2.75) is 34.6 Å². The molecule has 0 saturated carbocycles. The van der Waals surface area contributed by atoms with Crippen LogP contribution in [0.3, 0.4) is 0 Å². The van der Waals surface area contributed by atoms with Crippen LogP contribution in [0.5, 0.6) is 0 Å². The van der Waals surface area contributed by atoms with Crippen molar-refractivity contribution < 1.29 is 4.79 Å². The summed E-state index contributed by atoms with van der Waals surface area (Å²) in [5.74, 6) is 0.577. The molecule has 1 aromatic heterocycles. The van der Waals surface area contributed by atoms with Gasteiger partial charge >= 0.3 is 0 Å². The maximum atomic E-state index is 11.5. The number of nitrogens with zero attached hydrogens (tertiary/aromatic N) is 1. The molecule has 1 N–H and O–H groups in total. The SMILES string of the molecule is CC.CC(C)(C)C(=O)Nc1ccccn1. The van der Waals surface area contributed by atoms with Crippen LogP contribution in [0.1, 0.15) is 34.6 Å². The van der Waals surface area contributed by atoms with Crippen LogP contribution >= 0.6 is 0 Å². The maximum absolute atomic E-state index is 11.5. The highest BCUT2D eigenvalue weighted by atomic mass is 16.2. The number of hydrogen-bond acceptors (Lipinski definition) is 2. The predicted octanol–water partition coefficient (Wildman–Crippen LogP) is 3.09. The van der Waals surface area contributed by atoms with E-state index in [4.69, 9.17) is 0 Å². The minimum absolute atomic E-state index is 0.0220. The van der Waals surface area contributed by atoms with E-state index in [9.17, 15) is 4.79 Å². The highest BCUT2D eigenvalue weighted by molar-refractivity contribution is 5.93. The monoisotopic (exact) mass is 208 g/mol. The molecule has 3 nitrogen and oxygen atoms in total. The fourth-order valence-electron chi connectivity index (χ4n) is 0.741. The van der Waals surface area contributed by atoms with Crippen LogP contribution in [-0.4, -0.2) is 10.9 Å². The molecule has 0 aliphatic heterocycles. The Hall–Kier alpha value is -1.38. The number of carbonyl (C=O) groups excluding carboxylic acids is 1. The summed E-state index contributed by atoms with van der Waals surface area (Å²) in [6, 6.07) is 5.42. The van der Waals surface area contributed by atoms with Crippen LogP contribution in [0.2, 0.25) is 0 Å². The number of rotatable bonds is 1. The second-order valence-electron chi connectivity index (χ2n) is 3.92. The number of anilines is 1. The van der Waals surface area contributed by atoms with Gasteiger partial charge in [-0.15, -0.1) is 0 Å². The predicted molar refractivity (Wildman–Crippen MR) is 63.7 cm³/mol. The quantitative estimate of drug-likeness (QED) is 0.770. The Balaban J connectivity index is 0.000000921. The molecule has 0 aromatic carbocycles. The van der Waals surface area contributed by atoms with E-state index in [-0.39, 0.29) is 11.3 Å². The standard InChI is InChI=1S/C10H14N2O.C2H6/c1-10(2,3)9(13)12-8-6-4-5-7-11-8;1-2/h4-7H,1-3H3,(H,11,12,13);1-2H3. The van der Waals surface area contributed by atoms with Gasteiger partial charge in [0.1, 0.15) is 5.82 Å². The largest absolute Gasteiger partial charge is 0.310 e. The molecule has 0 saturated heterocycles. The van der Waals surface area contributed by atoms with Crippen LogP contribution in [0, 0.1) is 5.41 Å². The molecule has 0 aliphatic rings. The summed E-state index contributed by atoms with van der Waals surface area (Å²) in [6.45, 7) is 9.60. The van der Waals surface area contributed by atoms with Crippen LogP contribution in [-0.2, 0) is 4.79 Å². The van der Waals surface area contributed by atoms with Crippen LogP contribution in [0.15, 0.2) is 24.4 Å². The first-order valence-corrected chi connectivity index (χ1v) is 5.22. The average molecular weight is 208 g/mol. The summed E-state index contributed by atoms with van der Waals surface area (Å²) in [4.78, 5) is 15.5. The Morgan fingerprint density at radius 2 is 1.87 bits per heavy atom. The minimum Gasteiger partial charge on any atom is -0.310 e. The Kier molecular flexibility index (Phi) is 5.60. The van der Waals surface area contributed by atoms with Gasteiger partial charge in [0.2, 0.25) is 5.91 Å². The molecule has 84 valence electrons. The van der Waals surface area contributed by atoms with Crippen molar-refractivity contribution >= 4 is 11.7 Å². The lowest BCUT2D eigenvalue weighted by Crippen LogP contribution is -2.27. The number of hydrogen-bond donors (Lipinski definition) is 1. The summed E-state index contributed by atoms with van der Waals surface area (Å²) < 4.78 is 0. The Morgan fingerprint density at radius 1 is 1.27 bits per heavy atom. The van der Waals surface area contributed by atoms with Crippen LogP contribution < -0.4 is 5.32 Å². The summed E-state index contributed by atoms with van der Waals surface area (Å²) in [5.41, 5.74) is -0.377. The lowest BCUT2D eigenvalue weighted by molar-refractivity contribution is -0.123. The third-order valence-electron chi connectivity index (χ3n) is 1.59. The van der Waals surface area contributed by atoms with Gasteiger partial charge in [0.25, 0.3) is 0 Å². The third-order valence-corrected chi connectivity index (χ3v) is 1.59. The van der Waals surface area contributed by atoms with E-state index in [0.29, 0.717) is 5.82 Å². The summed E-state index contributed by atoms with van der Waals surface area (Å²) in [6.07, 6.45) is 1.65. The van der Waals surface area contributed by atoms with Gasteiger partial charge in [-0.3, -0.25) is 4.79 Å². The van der Waals surface area contributed by atoms with Gasteiger partial charge in [-0.2, -0.15) is 0 Å². The number of nitrogens with one attached hydrogen (secondary N) is 1. The summed E-state index contributed by atoms with van der Waals surface area (Å²) >= 11 is 0. The molecule has 0 aliphatic carbocycles. The first-order chi connectivity index (χ1) is 7.00. The fraction of sp³-hybridized carbons (Fsp3) is 0.500. The van der Waals surface area contributed by atoms with E-state index in [1.807, 2.05) is 46.8 Å². The van der Waals surface area contributed by atoms with Crippen molar-refractivity contribution in [3.8, 4) is 0 Å². The zero-order chi connectivity index (χ0) is 11.9. The van der Waals surface area contributed by atoms with Crippen LogP contribution in [0.25, 0.3) is 0 Å². The van der Waals surface area contributed by atoms with Gasteiger partial charge in [-0.25, -0.2) is 4.98 Å². The number of aromatic nitrogens is 1. The fourth-order valence-corrected chi connectivity index (χ4v) is 0.741. The number of carbonyl (C=O) groups is 1. The smallest absolute Gasteiger partial charge is 0.230 e. The Labute approximate surface area is 91.9 Å². The molecular weight excluding hydrogens is 188 g/mol. The molecule has 1 aromatic rings. The second-order valence-corrected chi connectivity index (χ2v) is 3.92. The normalized spacial score (nSPS) is 9.93. The molecule has 0 fully saturated rings. The van der Waals surface area contributed by atoms with Gasteiger partial charge in [0, 0.05) is 11.6 Å². The number of pyridine rings is 1. The summed E-state index contributed by atoms with van der Waals surface area (Å²) in [5, 5.41) is 2.73. The van der Waals surface area contributed by atoms with Gasteiger partial charge in [-0.1, -0.05) is 40.7 Å². The second kappa shape index (κ2) is 6.17. The van der Waals surface area contributed by atoms with Gasteiger partial charge in [-0.05, 0) is 12.1 Å². The molecule has 15 heavy (non-hydrogen) atoms.